The highest BCUT2D eigenvalue weighted by atomic mass is 16.5. The normalized spacial score (nSPS) is 24.2. The van der Waals surface area contributed by atoms with Crippen LogP contribution in [0, 0.1) is 0 Å². The van der Waals surface area contributed by atoms with Crippen molar-refractivity contribution in [2.45, 2.75) is 12.5 Å². The third-order valence-corrected chi connectivity index (χ3v) is 1.43. The minimum absolute atomic E-state index is 0.00926. The van der Waals surface area contributed by atoms with Gasteiger partial charge in [-0.05, 0) is 0 Å². The summed E-state index contributed by atoms with van der Waals surface area (Å²) in [5, 5.41) is 0. The van der Waals surface area contributed by atoms with Gasteiger partial charge in [0.05, 0.1) is 7.11 Å². The molecule has 10 heavy (non-hydrogen) atoms. The van der Waals surface area contributed by atoms with Gasteiger partial charge in [0.25, 0.3) is 0 Å². The first-order valence-electron chi connectivity index (χ1n) is 3.18. The van der Waals surface area contributed by atoms with E-state index in [9.17, 15) is 0 Å². The van der Waals surface area contributed by atoms with Gasteiger partial charge in [0.1, 0.15) is 6.10 Å². The Morgan fingerprint density at radius 1 is 1.60 bits per heavy atom. The van der Waals surface area contributed by atoms with Crippen LogP contribution < -0.4 is 0 Å². The second-order valence-electron chi connectivity index (χ2n) is 2.02. The molecule has 0 fully saturated rings. The van der Waals surface area contributed by atoms with Crippen LogP contribution in [0.1, 0.15) is 6.42 Å². The number of hydrogen-bond donors (Lipinski definition) is 0. The molecule has 1 atom stereocenters. The van der Waals surface area contributed by atoms with Crippen LogP contribution in [0.25, 0.3) is 0 Å². The average molecular weight is 141 g/mol. The van der Waals surface area contributed by atoms with Crippen LogP contribution in [0.5, 0.6) is 0 Å². The zero-order valence-corrected chi connectivity index (χ0v) is 6.20. The van der Waals surface area contributed by atoms with E-state index in [1.165, 1.54) is 0 Å². The number of aliphatic imine (C=N–C) groups is 1. The first kappa shape index (κ1) is 7.28. The van der Waals surface area contributed by atoms with Gasteiger partial charge in [0.15, 0.2) is 0 Å². The highest BCUT2D eigenvalue weighted by Crippen LogP contribution is 2.07. The van der Waals surface area contributed by atoms with E-state index >= 15 is 0 Å². The van der Waals surface area contributed by atoms with Crippen LogP contribution in [-0.4, -0.2) is 26.2 Å². The van der Waals surface area contributed by atoms with Gasteiger partial charge in [0, 0.05) is 19.7 Å². The Bertz CT molecular complexity index is 163. The molecular formula is C7H11NO2. The molecule has 0 spiro atoms. The van der Waals surface area contributed by atoms with Gasteiger partial charge in [0.2, 0.25) is 5.90 Å². The lowest BCUT2D eigenvalue weighted by molar-refractivity contribution is 0.134. The Balaban J connectivity index is 2.61. The van der Waals surface area contributed by atoms with E-state index in [2.05, 4.69) is 4.99 Å². The van der Waals surface area contributed by atoms with E-state index in [0.29, 0.717) is 5.90 Å². The number of hydrogen-bond acceptors (Lipinski definition) is 3. The summed E-state index contributed by atoms with van der Waals surface area (Å²) in [4.78, 5) is 3.99. The first-order chi connectivity index (χ1) is 4.88. The van der Waals surface area contributed by atoms with E-state index in [1.54, 1.807) is 20.4 Å². The maximum absolute atomic E-state index is 5.09. The van der Waals surface area contributed by atoms with E-state index in [0.717, 1.165) is 6.42 Å². The van der Waals surface area contributed by atoms with Crippen molar-refractivity contribution in [3.05, 3.63) is 12.3 Å². The van der Waals surface area contributed by atoms with Crippen molar-refractivity contribution in [1.82, 2.24) is 0 Å². The van der Waals surface area contributed by atoms with Crippen molar-refractivity contribution in [1.29, 1.82) is 0 Å². The first-order valence-corrected chi connectivity index (χ1v) is 3.18. The Kier molecular flexibility index (Phi) is 2.45. The Morgan fingerprint density at radius 3 is 2.90 bits per heavy atom. The quantitative estimate of drug-likeness (QED) is 0.544. The number of rotatable bonds is 1. The molecule has 0 aromatic rings. The van der Waals surface area contributed by atoms with Crippen LogP contribution >= 0.6 is 0 Å². The monoisotopic (exact) mass is 141 g/mol. The van der Waals surface area contributed by atoms with Gasteiger partial charge in [-0.1, -0.05) is 6.08 Å². The lowest BCUT2D eigenvalue weighted by atomic mass is 10.2. The van der Waals surface area contributed by atoms with Crippen LogP contribution in [0.15, 0.2) is 17.3 Å². The number of nitrogens with zero attached hydrogens (tertiary/aromatic N) is 1. The standard InChI is InChI=1S/C7H11NO2/c1-9-6-4-3-5-8-7(6)10-2/h3,5-6H,4H2,1-2H3. The Labute approximate surface area is 60.4 Å². The second-order valence-corrected chi connectivity index (χ2v) is 2.02. The maximum Gasteiger partial charge on any atom is 0.217 e. The summed E-state index contributed by atoms with van der Waals surface area (Å²) in [6, 6.07) is 0. The molecule has 0 aromatic carbocycles. The summed E-state index contributed by atoms with van der Waals surface area (Å²) in [6.07, 6.45) is 4.55. The predicted molar refractivity (Wildman–Crippen MR) is 39.0 cm³/mol. The van der Waals surface area contributed by atoms with Crippen molar-refractivity contribution < 1.29 is 9.47 Å². The second kappa shape index (κ2) is 3.37. The topological polar surface area (TPSA) is 30.8 Å². The molecule has 0 saturated heterocycles. The average Bonchev–Trinajstić information content (AvgIpc) is 2.04. The minimum atomic E-state index is 0.00926. The van der Waals surface area contributed by atoms with E-state index in [-0.39, 0.29) is 6.10 Å². The fraction of sp³-hybridized carbons (Fsp3) is 0.571. The van der Waals surface area contributed by atoms with Crippen molar-refractivity contribution in [3.8, 4) is 0 Å². The van der Waals surface area contributed by atoms with Gasteiger partial charge in [-0.3, -0.25) is 0 Å². The molecule has 0 saturated carbocycles. The largest absolute Gasteiger partial charge is 0.482 e. The number of methoxy groups -OCH3 is 2. The zero-order chi connectivity index (χ0) is 7.40. The van der Waals surface area contributed by atoms with Crippen molar-refractivity contribution in [2.75, 3.05) is 14.2 Å². The maximum atomic E-state index is 5.09. The van der Waals surface area contributed by atoms with Crippen molar-refractivity contribution in [2.24, 2.45) is 4.99 Å². The predicted octanol–water partition coefficient (Wildman–Crippen LogP) is 0.964. The fourth-order valence-corrected chi connectivity index (χ4v) is 0.876. The summed E-state index contributed by atoms with van der Waals surface area (Å²) in [5.41, 5.74) is 0. The molecule has 1 rings (SSSR count). The SMILES string of the molecule is COC1=NC=CCC1OC. The molecule has 0 bridgehead atoms. The molecule has 56 valence electrons. The van der Waals surface area contributed by atoms with Gasteiger partial charge in [-0.25, -0.2) is 4.99 Å². The summed E-state index contributed by atoms with van der Waals surface area (Å²) >= 11 is 0. The fourth-order valence-electron chi connectivity index (χ4n) is 0.876. The highest BCUT2D eigenvalue weighted by molar-refractivity contribution is 5.82. The number of ether oxygens (including phenoxy) is 2. The molecule has 0 aromatic heterocycles. The van der Waals surface area contributed by atoms with Gasteiger partial charge >= 0.3 is 0 Å². The molecule has 3 nitrogen and oxygen atoms in total. The molecule has 1 aliphatic rings. The van der Waals surface area contributed by atoms with Crippen molar-refractivity contribution in [3.63, 3.8) is 0 Å². The molecule has 0 aliphatic carbocycles. The smallest absolute Gasteiger partial charge is 0.217 e. The third kappa shape index (κ3) is 1.36. The van der Waals surface area contributed by atoms with Crippen LogP contribution in [0.4, 0.5) is 0 Å². The molecule has 0 radical (unpaired) electrons. The van der Waals surface area contributed by atoms with Gasteiger partial charge in [-0.2, -0.15) is 0 Å². The minimum Gasteiger partial charge on any atom is -0.482 e. The zero-order valence-electron chi connectivity index (χ0n) is 6.20. The Hall–Kier alpha value is -0.830. The molecule has 0 amide bonds. The van der Waals surface area contributed by atoms with Crippen molar-refractivity contribution >= 4 is 5.90 Å². The molecule has 3 heteroatoms. The molecular weight excluding hydrogens is 130 g/mol. The van der Waals surface area contributed by atoms with E-state index in [4.69, 9.17) is 9.47 Å². The molecule has 1 unspecified atom stereocenters. The van der Waals surface area contributed by atoms with Gasteiger partial charge < -0.3 is 9.47 Å². The molecule has 0 N–H and O–H groups in total. The van der Waals surface area contributed by atoms with E-state index < -0.39 is 0 Å². The van der Waals surface area contributed by atoms with E-state index in [1.807, 2.05) is 6.08 Å². The summed E-state index contributed by atoms with van der Waals surface area (Å²) < 4.78 is 10.1. The van der Waals surface area contributed by atoms with Crippen LogP contribution in [0.3, 0.4) is 0 Å². The highest BCUT2D eigenvalue weighted by Gasteiger charge is 2.15. The summed E-state index contributed by atoms with van der Waals surface area (Å²) in [7, 11) is 3.25. The molecule has 1 heterocycles. The summed E-state index contributed by atoms with van der Waals surface area (Å²) in [5.74, 6) is 0.657. The van der Waals surface area contributed by atoms with Gasteiger partial charge in [-0.15, -0.1) is 0 Å². The third-order valence-electron chi connectivity index (χ3n) is 1.43. The molecule has 1 aliphatic heterocycles. The lowest BCUT2D eigenvalue weighted by Gasteiger charge is -2.16. The lowest BCUT2D eigenvalue weighted by Crippen LogP contribution is -2.25. The van der Waals surface area contributed by atoms with Crippen LogP contribution in [-0.2, 0) is 9.47 Å². The summed E-state index contributed by atoms with van der Waals surface area (Å²) in [6.45, 7) is 0. The Morgan fingerprint density at radius 2 is 2.40 bits per heavy atom. The van der Waals surface area contributed by atoms with Crippen LogP contribution in [0.2, 0.25) is 0 Å².